The van der Waals surface area contributed by atoms with E-state index in [0.717, 1.165) is 6.42 Å². The number of carbonyl (C=O) groups excluding carboxylic acids is 3. The molecule has 0 aliphatic carbocycles. The summed E-state index contributed by atoms with van der Waals surface area (Å²) in [5.74, 6) is 0.282. The second kappa shape index (κ2) is 10.9. The number of ether oxygens (including phenoxy) is 2. The zero-order chi connectivity index (χ0) is 23.1. The molecule has 3 amide bonds. The highest BCUT2D eigenvalue weighted by atomic mass is 35.5. The van der Waals surface area contributed by atoms with E-state index in [1.807, 2.05) is 0 Å². The molecule has 1 aliphatic rings. The Bertz CT molecular complexity index is 980. The van der Waals surface area contributed by atoms with Crippen molar-refractivity contribution in [1.82, 2.24) is 15.5 Å². The molecule has 32 heavy (non-hydrogen) atoms. The van der Waals surface area contributed by atoms with E-state index in [1.165, 1.54) is 7.11 Å². The van der Waals surface area contributed by atoms with Gasteiger partial charge in [0.15, 0.2) is 0 Å². The molecule has 1 saturated heterocycles. The lowest BCUT2D eigenvalue weighted by molar-refractivity contribution is -0.124. The molecule has 2 aromatic rings. The Hall–Kier alpha value is -3.26. The topological polar surface area (TPSA) is 97.0 Å². The highest BCUT2D eigenvalue weighted by Crippen LogP contribution is 2.27. The van der Waals surface area contributed by atoms with E-state index in [2.05, 4.69) is 10.6 Å². The van der Waals surface area contributed by atoms with Crippen LogP contribution in [0.2, 0.25) is 5.02 Å². The Balaban J connectivity index is 1.52. The number of hydrogen-bond donors (Lipinski definition) is 2. The first kappa shape index (κ1) is 23.4. The third kappa shape index (κ3) is 5.50. The number of rotatable bonds is 8. The summed E-state index contributed by atoms with van der Waals surface area (Å²) in [6.07, 6.45) is 1.29. The van der Waals surface area contributed by atoms with Crippen LogP contribution in [-0.2, 0) is 4.79 Å². The van der Waals surface area contributed by atoms with E-state index >= 15 is 0 Å². The molecule has 2 aromatic carbocycles. The molecule has 1 atom stereocenters. The molecule has 2 N–H and O–H groups in total. The van der Waals surface area contributed by atoms with E-state index in [1.54, 1.807) is 54.5 Å². The lowest BCUT2D eigenvalue weighted by atomic mass is 10.1. The van der Waals surface area contributed by atoms with E-state index in [4.69, 9.17) is 21.1 Å². The van der Waals surface area contributed by atoms with Gasteiger partial charge in [0, 0.05) is 30.2 Å². The van der Waals surface area contributed by atoms with E-state index < -0.39 is 6.04 Å². The van der Waals surface area contributed by atoms with Crippen molar-refractivity contribution in [3.63, 3.8) is 0 Å². The maximum absolute atomic E-state index is 13.1. The van der Waals surface area contributed by atoms with Crippen molar-refractivity contribution < 1.29 is 23.9 Å². The van der Waals surface area contributed by atoms with E-state index in [-0.39, 0.29) is 30.8 Å². The lowest BCUT2D eigenvalue weighted by Crippen LogP contribution is -2.47. The Labute approximate surface area is 191 Å². The summed E-state index contributed by atoms with van der Waals surface area (Å²) in [6, 6.07) is 11.0. The summed E-state index contributed by atoms with van der Waals surface area (Å²) < 4.78 is 10.3. The molecule has 0 spiro atoms. The Morgan fingerprint density at radius 1 is 1.03 bits per heavy atom. The van der Waals surface area contributed by atoms with Crippen molar-refractivity contribution in [2.75, 3.05) is 33.9 Å². The number of benzene rings is 2. The maximum atomic E-state index is 13.1. The minimum absolute atomic E-state index is 0.243. The first-order valence-electron chi connectivity index (χ1n) is 10.3. The first-order chi connectivity index (χ1) is 15.4. The minimum Gasteiger partial charge on any atom is -0.497 e. The van der Waals surface area contributed by atoms with Crippen molar-refractivity contribution in [3.05, 3.63) is 58.6 Å². The molecular formula is C23H26ClN3O5. The number of nitrogens with one attached hydrogen (secondary N) is 2. The van der Waals surface area contributed by atoms with Gasteiger partial charge in [0.25, 0.3) is 11.8 Å². The molecule has 0 aromatic heterocycles. The van der Waals surface area contributed by atoms with Gasteiger partial charge in [-0.15, -0.1) is 0 Å². The maximum Gasteiger partial charge on any atom is 0.258 e. The molecule has 0 bridgehead atoms. The molecule has 8 nitrogen and oxygen atoms in total. The predicted molar refractivity (Wildman–Crippen MR) is 120 cm³/mol. The van der Waals surface area contributed by atoms with Gasteiger partial charge in [0.2, 0.25) is 5.91 Å². The summed E-state index contributed by atoms with van der Waals surface area (Å²) in [6.45, 7) is 0.986. The van der Waals surface area contributed by atoms with Gasteiger partial charge in [-0.2, -0.15) is 0 Å². The Morgan fingerprint density at radius 3 is 2.44 bits per heavy atom. The minimum atomic E-state index is -0.580. The second-order valence-corrected chi connectivity index (χ2v) is 7.71. The number of amides is 3. The van der Waals surface area contributed by atoms with Crippen LogP contribution >= 0.6 is 11.6 Å². The Kier molecular flexibility index (Phi) is 7.94. The molecule has 3 rings (SSSR count). The van der Waals surface area contributed by atoms with Crippen molar-refractivity contribution in [3.8, 4) is 11.5 Å². The number of carbonyl (C=O) groups is 3. The molecular weight excluding hydrogens is 434 g/mol. The van der Waals surface area contributed by atoms with Crippen LogP contribution in [0.25, 0.3) is 0 Å². The van der Waals surface area contributed by atoms with Crippen molar-refractivity contribution >= 4 is 29.3 Å². The summed E-state index contributed by atoms with van der Waals surface area (Å²) >= 11 is 6.05. The van der Waals surface area contributed by atoms with Gasteiger partial charge in [-0.3, -0.25) is 14.4 Å². The molecule has 0 saturated carbocycles. The summed E-state index contributed by atoms with van der Waals surface area (Å²) in [5.41, 5.74) is 0.826. The normalized spacial score (nSPS) is 15.2. The lowest BCUT2D eigenvalue weighted by Gasteiger charge is -2.25. The SMILES string of the molecule is COc1ccc(C(=O)NCCNC(=O)C2CCCN2C(=O)c2cc(Cl)ccc2OC)cc1. The quantitative estimate of drug-likeness (QED) is 0.591. The van der Waals surface area contributed by atoms with E-state index in [0.29, 0.717) is 40.6 Å². The highest BCUT2D eigenvalue weighted by Gasteiger charge is 2.35. The number of nitrogens with zero attached hydrogens (tertiary/aromatic N) is 1. The fraction of sp³-hybridized carbons (Fsp3) is 0.348. The zero-order valence-corrected chi connectivity index (χ0v) is 18.8. The third-order valence-corrected chi connectivity index (χ3v) is 5.51. The van der Waals surface area contributed by atoms with Crippen molar-refractivity contribution in [1.29, 1.82) is 0 Å². The predicted octanol–water partition coefficient (Wildman–Crippen LogP) is 2.51. The smallest absolute Gasteiger partial charge is 0.258 e. The second-order valence-electron chi connectivity index (χ2n) is 7.28. The molecule has 1 fully saturated rings. The van der Waals surface area contributed by atoms with Gasteiger partial charge < -0.3 is 25.0 Å². The monoisotopic (exact) mass is 459 g/mol. The average Bonchev–Trinajstić information content (AvgIpc) is 3.31. The van der Waals surface area contributed by atoms with Gasteiger partial charge in [-0.1, -0.05) is 11.6 Å². The van der Waals surface area contributed by atoms with Crippen LogP contribution in [0.1, 0.15) is 33.6 Å². The Morgan fingerprint density at radius 2 is 1.75 bits per heavy atom. The van der Waals surface area contributed by atoms with E-state index in [9.17, 15) is 14.4 Å². The summed E-state index contributed by atoms with van der Waals surface area (Å²) in [5, 5.41) is 5.98. The summed E-state index contributed by atoms with van der Waals surface area (Å²) in [7, 11) is 3.04. The molecule has 0 radical (unpaired) electrons. The van der Waals surface area contributed by atoms with Gasteiger partial charge in [-0.25, -0.2) is 0 Å². The number of likely N-dealkylation sites (tertiary alicyclic amines) is 1. The van der Waals surface area contributed by atoms with Crippen LogP contribution in [0, 0.1) is 0 Å². The van der Waals surface area contributed by atoms with Gasteiger partial charge in [-0.05, 0) is 55.3 Å². The van der Waals surface area contributed by atoms with Gasteiger partial charge >= 0.3 is 0 Å². The standard InChI is InChI=1S/C23H26ClN3O5/c1-31-17-8-5-15(6-9-17)21(28)25-11-12-26-22(29)19-4-3-13-27(19)23(30)18-14-16(24)7-10-20(18)32-2/h5-10,14,19H,3-4,11-13H2,1-2H3,(H,25,28)(H,26,29). The largest absolute Gasteiger partial charge is 0.497 e. The molecule has 9 heteroatoms. The van der Waals surface area contributed by atoms with Crippen LogP contribution in [0.4, 0.5) is 0 Å². The first-order valence-corrected chi connectivity index (χ1v) is 10.7. The number of methoxy groups -OCH3 is 2. The van der Waals surface area contributed by atoms with Crippen molar-refractivity contribution in [2.45, 2.75) is 18.9 Å². The highest BCUT2D eigenvalue weighted by molar-refractivity contribution is 6.31. The van der Waals surface area contributed by atoms with Crippen LogP contribution in [-0.4, -0.2) is 62.5 Å². The zero-order valence-electron chi connectivity index (χ0n) is 18.0. The summed E-state index contributed by atoms with van der Waals surface area (Å²) in [4.78, 5) is 39.5. The average molecular weight is 460 g/mol. The van der Waals surface area contributed by atoms with Crippen LogP contribution in [0.3, 0.4) is 0 Å². The van der Waals surface area contributed by atoms with Gasteiger partial charge in [0.1, 0.15) is 17.5 Å². The third-order valence-electron chi connectivity index (χ3n) is 5.27. The molecule has 1 aliphatic heterocycles. The van der Waals surface area contributed by atoms with Crippen LogP contribution in [0.5, 0.6) is 11.5 Å². The van der Waals surface area contributed by atoms with Gasteiger partial charge in [0.05, 0.1) is 19.8 Å². The molecule has 170 valence electrons. The molecule has 1 heterocycles. The van der Waals surface area contributed by atoms with Crippen LogP contribution in [0.15, 0.2) is 42.5 Å². The number of hydrogen-bond acceptors (Lipinski definition) is 5. The van der Waals surface area contributed by atoms with Crippen LogP contribution < -0.4 is 20.1 Å². The number of halogens is 1. The fourth-order valence-corrected chi connectivity index (χ4v) is 3.78. The molecule has 1 unspecified atom stereocenters. The fourth-order valence-electron chi connectivity index (χ4n) is 3.61. The van der Waals surface area contributed by atoms with Crippen molar-refractivity contribution in [2.24, 2.45) is 0 Å².